The normalized spacial score (nSPS) is 13.5. The topological polar surface area (TPSA) is 84.0 Å². The van der Waals surface area contributed by atoms with Crippen molar-refractivity contribution >= 4 is 16.0 Å². The Balaban J connectivity index is 2.71. The minimum atomic E-state index is -3.52. The first kappa shape index (κ1) is 15.8. The van der Waals surface area contributed by atoms with Crippen molar-refractivity contribution in [2.45, 2.75) is 32.6 Å². The summed E-state index contributed by atoms with van der Waals surface area (Å²) in [5.41, 5.74) is 0. The van der Waals surface area contributed by atoms with Gasteiger partial charge >= 0.3 is 0 Å². The monoisotopic (exact) mass is 286 g/mol. The Bertz CT molecular complexity index is 485. The van der Waals surface area contributed by atoms with Gasteiger partial charge in [-0.15, -0.1) is 0 Å². The Morgan fingerprint density at radius 2 is 1.79 bits per heavy atom. The van der Waals surface area contributed by atoms with Gasteiger partial charge in [0.2, 0.25) is 16.0 Å². The van der Waals surface area contributed by atoms with Crippen LogP contribution in [0.4, 0.5) is 5.95 Å². The van der Waals surface area contributed by atoms with Crippen molar-refractivity contribution in [3.05, 3.63) is 12.4 Å². The predicted octanol–water partition coefficient (Wildman–Crippen LogP) is 1.48. The fraction of sp³-hybridized carbons (Fsp3) is 0.667. The molecule has 0 aliphatic rings. The average molecular weight is 286 g/mol. The van der Waals surface area contributed by atoms with Gasteiger partial charge in [-0.2, -0.15) is 0 Å². The minimum absolute atomic E-state index is 0.0881. The maximum Gasteiger partial charge on any atom is 0.243 e. The number of sulfonamides is 1. The van der Waals surface area contributed by atoms with Crippen molar-refractivity contribution in [1.82, 2.24) is 14.7 Å². The van der Waals surface area contributed by atoms with E-state index in [1.165, 1.54) is 12.4 Å². The Hall–Kier alpha value is -1.21. The highest BCUT2D eigenvalue weighted by Crippen LogP contribution is 2.11. The van der Waals surface area contributed by atoms with Crippen LogP contribution in [0, 0.1) is 11.8 Å². The molecule has 0 spiro atoms. The van der Waals surface area contributed by atoms with Crippen molar-refractivity contribution in [2.24, 2.45) is 11.8 Å². The first-order chi connectivity index (χ1) is 8.86. The van der Waals surface area contributed by atoms with Gasteiger partial charge in [0.05, 0.1) is 12.4 Å². The molecule has 1 rings (SSSR count). The highest BCUT2D eigenvalue weighted by Gasteiger charge is 2.17. The molecule has 0 saturated heterocycles. The van der Waals surface area contributed by atoms with E-state index in [4.69, 9.17) is 0 Å². The summed E-state index contributed by atoms with van der Waals surface area (Å²) in [6, 6.07) is 0. The van der Waals surface area contributed by atoms with Crippen molar-refractivity contribution in [3.8, 4) is 0 Å². The third-order valence-electron chi connectivity index (χ3n) is 3.01. The second-order valence-corrected chi connectivity index (χ2v) is 6.61. The quantitative estimate of drug-likeness (QED) is 0.793. The van der Waals surface area contributed by atoms with Gasteiger partial charge < -0.3 is 5.32 Å². The minimum Gasteiger partial charge on any atom is -0.355 e. The SMILES string of the molecule is CCNc1ncc(S(=O)(=O)NCC(C)C(C)C)cn1. The van der Waals surface area contributed by atoms with Gasteiger partial charge in [0, 0.05) is 13.1 Å². The van der Waals surface area contributed by atoms with E-state index in [0.29, 0.717) is 25.0 Å². The summed E-state index contributed by atoms with van der Waals surface area (Å²) in [6.45, 7) is 9.16. The van der Waals surface area contributed by atoms with Crippen LogP contribution >= 0.6 is 0 Å². The number of rotatable bonds is 7. The summed E-state index contributed by atoms with van der Waals surface area (Å²) >= 11 is 0. The fourth-order valence-electron chi connectivity index (χ4n) is 1.26. The smallest absolute Gasteiger partial charge is 0.243 e. The molecule has 1 aromatic heterocycles. The van der Waals surface area contributed by atoms with E-state index in [9.17, 15) is 8.42 Å². The number of nitrogens with one attached hydrogen (secondary N) is 2. The molecule has 19 heavy (non-hydrogen) atoms. The summed E-state index contributed by atoms with van der Waals surface area (Å²) < 4.78 is 26.6. The molecule has 0 radical (unpaired) electrons. The van der Waals surface area contributed by atoms with Gasteiger partial charge in [0.25, 0.3) is 0 Å². The summed E-state index contributed by atoms with van der Waals surface area (Å²) in [7, 11) is -3.52. The first-order valence-corrected chi connectivity index (χ1v) is 7.90. The first-order valence-electron chi connectivity index (χ1n) is 6.42. The lowest BCUT2D eigenvalue weighted by atomic mass is 9.99. The van der Waals surface area contributed by atoms with Crippen molar-refractivity contribution in [1.29, 1.82) is 0 Å². The van der Waals surface area contributed by atoms with Crippen LogP contribution in [0.25, 0.3) is 0 Å². The number of nitrogens with zero attached hydrogens (tertiary/aromatic N) is 2. The number of anilines is 1. The van der Waals surface area contributed by atoms with Crippen LogP contribution in [0.3, 0.4) is 0 Å². The van der Waals surface area contributed by atoms with Crippen molar-refractivity contribution in [2.75, 3.05) is 18.4 Å². The van der Waals surface area contributed by atoms with E-state index in [2.05, 4.69) is 33.9 Å². The van der Waals surface area contributed by atoms with E-state index < -0.39 is 10.0 Å². The molecule has 6 nitrogen and oxygen atoms in total. The predicted molar refractivity (Wildman–Crippen MR) is 75.4 cm³/mol. The van der Waals surface area contributed by atoms with Crippen LogP contribution in [0.15, 0.2) is 17.3 Å². The molecule has 0 saturated carbocycles. The van der Waals surface area contributed by atoms with Crippen LogP contribution in [0.2, 0.25) is 0 Å². The molecule has 1 aromatic rings. The maximum absolute atomic E-state index is 12.0. The number of hydrogen-bond donors (Lipinski definition) is 2. The molecule has 1 atom stereocenters. The van der Waals surface area contributed by atoms with Gasteiger partial charge in [-0.3, -0.25) is 0 Å². The van der Waals surface area contributed by atoms with E-state index in [1.807, 2.05) is 13.8 Å². The fourth-order valence-corrected chi connectivity index (χ4v) is 2.30. The molecular weight excluding hydrogens is 264 g/mol. The molecule has 0 bridgehead atoms. The van der Waals surface area contributed by atoms with E-state index >= 15 is 0 Å². The maximum atomic E-state index is 12.0. The highest BCUT2D eigenvalue weighted by atomic mass is 32.2. The van der Waals surface area contributed by atoms with E-state index in [1.54, 1.807) is 0 Å². The molecule has 108 valence electrons. The van der Waals surface area contributed by atoms with E-state index in [0.717, 1.165) is 0 Å². The summed E-state index contributed by atoms with van der Waals surface area (Å²) in [5.74, 6) is 1.13. The van der Waals surface area contributed by atoms with Crippen LogP contribution in [0.1, 0.15) is 27.7 Å². The standard InChI is InChI=1S/C12H22N4O2S/c1-5-13-12-14-7-11(8-15-12)19(17,18)16-6-10(4)9(2)3/h7-10,16H,5-6H2,1-4H3,(H,13,14,15). The summed E-state index contributed by atoms with van der Waals surface area (Å²) in [5, 5.41) is 2.91. The van der Waals surface area contributed by atoms with E-state index in [-0.39, 0.29) is 10.8 Å². The van der Waals surface area contributed by atoms with Crippen LogP contribution in [-0.4, -0.2) is 31.5 Å². The lowest BCUT2D eigenvalue weighted by Gasteiger charge is -2.16. The van der Waals surface area contributed by atoms with Gasteiger partial charge in [0.1, 0.15) is 4.90 Å². The second-order valence-electron chi connectivity index (χ2n) is 4.85. The zero-order valence-corrected chi connectivity index (χ0v) is 12.7. The number of hydrogen-bond acceptors (Lipinski definition) is 5. The highest BCUT2D eigenvalue weighted by molar-refractivity contribution is 7.89. The Labute approximate surface area is 115 Å². The largest absolute Gasteiger partial charge is 0.355 e. The molecule has 0 fully saturated rings. The van der Waals surface area contributed by atoms with Gasteiger partial charge in [-0.05, 0) is 18.8 Å². The molecule has 1 unspecified atom stereocenters. The third-order valence-corrected chi connectivity index (χ3v) is 4.38. The molecule has 0 amide bonds. The number of aromatic nitrogens is 2. The second kappa shape index (κ2) is 6.81. The average Bonchev–Trinajstić information content (AvgIpc) is 2.37. The van der Waals surface area contributed by atoms with Gasteiger partial charge in [0.15, 0.2) is 0 Å². The van der Waals surface area contributed by atoms with Gasteiger partial charge in [-0.1, -0.05) is 20.8 Å². The Morgan fingerprint density at radius 1 is 1.21 bits per heavy atom. The van der Waals surface area contributed by atoms with Crippen molar-refractivity contribution in [3.63, 3.8) is 0 Å². The molecule has 0 aliphatic carbocycles. The zero-order valence-electron chi connectivity index (χ0n) is 11.8. The van der Waals surface area contributed by atoms with Gasteiger partial charge in [-0.25, -0.2) is 23.1 Å². The lowest BCUT2D eigenvalue weighted by Crippen LogP contribution is -2.30. The Morgan fingerprint density at radius 3 is 2.26 bits per heavy atom. The van der Waals surface area contributed by atoms with Crippen LogP contribution < -0.4 is 10.0 Å². The summed E-state index contributed by atoms with van der Waals surface area (Å²) in [6.07, 6.45) is 2.63. The lowest BCUT2D eigenvalue weighted by molar-refractivity contribution is 0.414. The molecule has 2 N–H and O–H groups in total. The molecule has 0 aromatic carbocycles. The van der Waals surface area contributed by atoms with Crippen LogP contribution in [-0.2, 0) is 10.0 Å². The molecule has 0 aliphatic heterocycles. The van der Waals surface area contributed by atoms with Crippen molar-refractivity contribution < 1.29 is 8.42 Å². The Kier molecular flexibility index (Phi) is 5.68. The molecule has 7 heteroatoms. The molecular formula is C12H22N4O2S. The third kappa shape index (κ3) is 4.76. The summed E-state index contributed by atoms with van der Waals surface area (Å²) in [4.78, 5) is 8.00. The van der Waals surface area contributed by atoms with Crippen LogP contribution in [0.5, 0.6) is 0 Å². The zero-order chi connectivity index (χ0) is 14.5. The molecule has 1 heterocycles.